The summed E-state index contributed by atoms with van der Waals surface area (Å²) in [6.07, 6.45) is 5.24. The zero-order valence-corrected chi connectivity index (χ0v) is 13.7. The zero-order valence-electron chi connectivity index (χ0n) is 12.9. The summed E-state index contributed by atoms with van der Waals surface area (Å²) in [4.78, 5) is 0.450. The summed E-state index contributed by atoms with van der Waals surface area (Å²) in [6.45, 7) is 7.01. The van der Waals surface area contributed by atoms with E-state index in [0.717, 1.165) is 25.2 Å². The highest BCUT2D eigenvalue weighted by molar-refractivity contribution is 7.89. The summed E-state index contributed by atoms with van der Waals surface area (Å²) in [5.41, 5.74) is 1.07. The lowest BCUT2D eigenvalue weighted by atomic mass is 10.2. The van der Waals surface area contributed by atoms with E-state index in [4.69, 9.17) is 0 Å². The van der Waals surface area contributed by atoms with E-state index in [9.17, 15) is 8.42 Å². The summed E-state index contributed by atoms with van der Waals surface area (Å²) >= 11 is 0. The largest absolute Gasteiger partial charge is 0.349 e. The molecule has 2 aliphatic rings. The molecule has 1 aliphatic carbocycles. The summed E-state index contributed by atoms with van der Waals surface area (Å²) in [5.74, 6) is 0.462. The van der Waals surface area contributed by atoms with Crippen LogP contribution in [0.4, 0.5) is 0 Å². The molecule has 118 valence electrons. The fourth-order valence-electron chi connectivity index (χ4n) is 2.91. The lowest BCUT2D eigenvalue weighted by molar-refractivity contribution is 0.464. The van der Waals surface area contributed by atoms with Gasteiger partial charge in [-0.25, -0.2) is 8.42 Å². The minimum Gasteiger partial charge on any atom is -0.349 e. The first-order valence-corrected chi connectivity index (χ1v) is 9.37. The Hall–Kier alpha value is -0.850. The number of nitrogens with one attached hydrogen (secondary N) is 1. The highest BCUT2D eigenvalue weighted by atomic mass is 32.2. The predicted molar refractivity (Wildman–Crippen MR) is 82.5 cm³/mol. The second-order valence-electron chi connectivity index (χ2n) is 6.37. The average Bonchev–Trinajstić information content (AvgIpc) is 3.01. The molecule has 2 heterocycles. The molecular formula is C15H25N3O2S. The Labute approximate surface area is 127 Å². The first-order chi connectivity index (χ1) is 10.0. The fraction of sp³-hybridized carbons (Fsp3) is 0.733. The van der Waals surface area contributed by atoms with E-state index < -0.39 is 10.0 Å². The fourth-order valence-corrected chi connectivity index (χ4v) is 4.55. The third-order valence-electron chi connectivity index (χ3n) is 4.48. The molecule has 0 amide bonds. The maximum atomic E-state index is 12.7. The minimum atomic E-state index is -3.32. The van der Waals surface area contributed by atoms with Gasteiger partial charge in [0.05, 0.1) is 0 Å². The van der Waals surface area contributed by atoms with E-state index in [0.29, 0.717) is 29.9 Å². The van der Waals surface area contributed by atoms with Crippen molar-refractivity contribution in [3.05, 3.63) is 18.0 Å². The van der Waals surface area contributed by atoms with Crippen LogP contribution in [0.5, 0.6) is 0 Å². The molecule has 1 aromatic heterocycles. The second kappa shape index (κ2) is 5.74. The lowest BCUT2D eigenvalue weighted by Crippen LogP contribution is -2.28. The van der Waals surface area contributed by atoms with Gasteiger partial charge in [0.25, 0.3) is 0 Å². The SMILES string of the molecule is CCn1cc(S(=O)(=O)N2CCC(C)C2)cc1CNC1CC1. The molecule has 0 bridgehead atoms. The first kappa shape index (κ1) is 15.1. The molecule has 1 aromatic rings. The molecule has 0 radical (unpaired) electrons. The van der Waals surface area contributed by atoms with Crippen molar-refractivity contribution in [3.63, 3.8) is 0 Å². The Kier molecular flexibility index (Phi) is 4.12. The van der Waals surface area contributed by atoms with Gasteiger partial charge < -0.3 is 9.88 Å². The molecule has 1 atom stereocenters. The summed E-state index contributed by atoms with van der Waals surface area (Å²) in [7, 11) is -3.32. The molecule has 1 saturated carbocycles. The molecule has 0 spiro atoms. The van der Waals surface area contributed by atoms with E-state index in [2.05, 4.69) is 19.2 Å². The quantitative estimate of drug-likeness (QED) is 0.871. The Morgan fingerprint density at radius 1 is 1.33 bits per heavy atom. The number of hydrogen-bond acceptors (Lipinski definition) is 3. The summed E-state index contributed by atoms with van der Waals surface area (Å²) in [6, 6.07) is 2.47. The Morgan fingerprint density at radius 3 is 2.67 bits per heavy atom. The minimum absolute atomic E-state index is 0.450. The molecular weight excluding hydrogens is 286 g/mol. The van der Waals surface area contributed by atoms with Gasteiger partial charge in [0.15, 0.2) is 0 Å². The van der Waals surface area contributed by atoms with Gasteiger partial charge in [-0.05, 0) is 38.2 Å². The van der Waals surface area contributed by atoms with Gasteiger partial charge in [-0.1, -0.05) is 6.92 Å². The molecule has 1 saturated heterocycles. The normalized spacial score (nSPS) is 23.8. The highest BCUT2D eigenvalue weighted by Crippen LogP contribution is 2.26. The van der Waals surface area contributed by atoms with Crippen LogP contribution < -0.4 is 5.32 Å². The van der Waals surface area contributed by atoms with Gasteiger partial charge in [-0.15, -0.1) is 0 Å². The van der Waals surface area contributed by atoms with Crippen LogP contribution in [0.15, 0.2) is 17.2 Å². The van der Waals surface area contributed by atoms with Crippen LogP contribution in [-0.2, 0) is 23.1 Å². The number of nitrogens with zero attached hydrogens (tertiary/aromatic N) is 2. The van der Waals surface area contributed by atoms with Crippen molar-refractivity contribution in [1.29, 1.82) is 0 Å². The summed E-state index contributed by atoms with van der Waals surface area (Å²) < 4.78 is 29.1. The van der Waals surface area contributed by atoms with E-state index in [-0.39, 0.29) is 0 Å². The second-order valence-corrected chi connectivity index (χ2v) is 8.30. The Bertz CT molecular complexity index is 604. The van der Waals surface area contributed by atoms with Crippen molar-refractivity contribution in [1.82, 2.24) is 14.2 Å². The van der Waals surface area contributed by atoms with Crippen molar-refractivity contribution in [2.45, 2.75) is 57.1 Å². The van der Waals surface area contributed by atoms with Crippen molar-refractivity contribution in [2.24, 2.45) is 5.92 Å². The number of rotatable bonds is 6. The monoisotopic (exact) mass is 311 g/mol. The Balaban J connectivity index is 1.80. The van der Waals surface area contributed by atoms with Gasteiger partial charge in [0, 0.05) is 44.1 Å². The first-order valence-electron chi connectivity index (χ1n) is 7.93. The van der Waals surface area contributed by atoms with Gasteiger partial charge in [0.2, 0.25) is 10.0 Å². The topological polar surface area (TPSA) is 54.3 Å². The lowest BCUT2D eigenvalue weighted by Gasteiger charge is -2.14. The molecule has 1 unspecified atom stereocenters. The van der Waals surface area contributed by atoms with E-state index in [1.807, 2.05) is 10.6 Å². The van der Waals surface area contributed by atoms with Crippen LogP contribution in [0.1, 0.15) is 38.8 Å². The highest BCUT2D eigenvalue weighted by Gasteiger charge is 2.32. The van der Waals surface area contributed by atoms with Crippen LogP contribution in [0.2, 0.25) is 0 Å². The van der Waals surface area contributed by atoms with Crippen LogP contribution in [0.3, 0.4) is 0 Å². The van der Waals surface area contributed by atoms with Crippen molar-refractivity contribution < 1.29 is 8.42 Å². The number of hydrogen-bond donors (Lipinski definition) is 1. The third kappa shape index (κ3) is 3.17. The Morgan fingerprint density at radius 2 is 2.10 bits per heavy atom. The summed E-state index contributed by atoms with van der Waals surface area (Å²) in [5, 5.41) is 3.46. The van der Waals surface area contributed by atoms with Gasteiger partial charge in [-0.3, -0.25) is 0 Å². The van der Waals surface area contributed by atoms with E-state index in [1.54, 1.807) is 10.5 Å². The van der Waals surface area contributed by atoms with Crippen molar-refractivity contribution in [3.8, 4) is 0 Å². The standard InChI is InChI=1S/C15H25N3O2S/c1-3-17-11-15(8-14(17)9-16-13-4-5-13)21(19,20)18-7-6-12(2)10-18/h8,11-13,16H,3-7,9-10H2,1-2H3. The molecule has 6 heteroatoms. The van der Waals surface area contributed by atoms with E-state index in [1.165, 1.54) is 12.8 Å². The van der Waals surface area contributed by atoms with E-state index >= 15 is 0 Å². The number of aryl methyl sites for hydroxylation is 1. The van der Waals surface area contributed by atoms with Crippen molar-refractivity contribution in [2.75, 3.05) is 13.1 Å². The molecule has 0 aromatic carbocycles. The zero-order chi connectivity index (χ0) is 15.0. The average molecular weight is 311 g/mol. The van der Waals surface area contributed by atoms with Gasteiger partial charge in [-0.2, -0.15) is 4.31 Å². The molecule has 3 rings (SSSR count). The smallest absolute Gasteiger partial charge is 0.244 e. The maximum absolute atomic E-state index is 12.7. The molecule has 5 nitrogen and oxygen atoms in total. The van der Waals surface area contributed by atoms with Crippen LogP contribution >= 0.6 is 0 Å². The number of sulfonamides is 1. The predicted octanol–water partition coefficient (Wildman–Crippen LogP) is 1.79. The number of aromatic nitrogens is 1. The third-order valence-corrected chi connectivity index (χ3v) is 6.31. The molecule has 1 N–H and O–H groups in total. The molecule has 21 heavy (non-hydrogen) atoms. The maximum Gasteiger partial charge on any atom is 0.244 e. The molecule has 2 fully saturated rings. The van der Waals surface area contributed by atoms with Crippen LogP contribution in [-0.4, -0.2) is 36.4 Å². The van der Waals surface area contributed by atoms with Gasteiger partial charge >= 0.3 is 0 Å². The van der Waals surface area contributed by atoms with Crippen LogP contribution in [0, 0.1) is 5.92 Å². The van der Waals surface area contributed by atoms with Gasteiger partial charge in [0.1, 0.15) is 4.90 Å². The van der Waals surface area contributed by atoms with Crippen molar-refractivity contribution >= 4 is 10.0 Å². The van der Waals surface area contributed by atoms with Crippen LogP contribution in [0.25, 0.3) is 0 Å². The molecule has 1 aliphatic heterocycles.